The number of nitrogens with two attached hydrogens (primary N) is 1. The first-order valence-corrected chi connectivity index (χ1v) is 7.02. The minimum absolute atomic E-state index is 0.522. The van der Waals surface area contributed by atoms with Crippen molar-refractivity contribution in [3.05, 3.63) is 5.69 Å². The fourth-order valence-electron chi connectivity index (χ4n) is 2.85. The quantitative estimate of drug-likeness (QED) is 0.848. The van der Waals surface area contributed by atoms with Crippen molar-refractivity contribution in [3.8, 4) is 0 Å². The van der Waals surface area contributed by atoms with Gasteiger partial charge in [-0.1, -0.05) is 0 Å². The van der Waals surface area contributed by atoms with Crippen LogP contribution in [-0.4, -0.2) is 39.9 Å². The summed E-state index contributed by atoms with van der Waals surface area (Å²) in [4.78, 5) is 2.60. The molecular weight excluding hydrogens is 226 g/mol. The van der Waals surface area contributed by atoms with Crippen LogP contribution in [0, 0.1) is 6.92 Å². The Kier molecular flexibility index (Phi) is 2.93. The van der Waals surface area contributed by atoms with Gasteiger partial charge in [-0.25, -0.2) is 4.68 Å². The predicted molar refractivity (Wildman–Crippen MR) is 73.7 cm³/mol. The summed E-state index contributed by atoms with van der Waals surface area (Å²) in [6.45, 7) is 7.30. The van der Waals surface area contributed by atoms with Crippen LogP contribution >= 0.6 is 0 Å². The molecule has 1 aliphatic heterocycles. The number of likely N-dealkylation sites (tertiary alicyclic amines) is 1. The molecule has 0 radical (unpaired) electrons. The van der Waals surface area contributed by atoms with Crippen LogP contribution in [0.5, 0.6) is 0 Å². The van der Waals surface area contributed by atoms with E-state index in [1.807, 2.05) is 11.6 Å². The molecule has 0 amide bonds. The molecule has 5 nitrogen and oxygen atoms in total. The van der Waals surface area contributed by atoms with Crippen LogP contribution in [-0.2, 0) is 6.54 Å². The third-order valence-corrected chi connectivity index (χ3v) is 4.10. The van der Waals surface area contributed by atoms with E-state index in [1.54, 1.807) is 0 Å². The zero-order chi connectivity index (χ0) is 12.7. The summed E-state index contributed by atoms with van der Waals surface area (Å²) in [5, 5.41) is 8.05. The molecule has 0 aromatic carbocycles. The van der Waals surface area contributed by atoms with E-state index < -0.39 is 0 Å². The van der Waals surface area contributed by atoms with Crippen LogP contribution < -0.4 is 11.1 Å². The van der Waals surface area contributed by atoms with E-state index in [-0.39, 0.29) is 0 Å². The van der Waals surface area contributed by atoms with Crippen LogP contribution in [0.25, 0.3) is 0 Å². The SMILES string of the molecule is CCn1nc(C)c(N)c1NC1CCN(C2CC2)C1. The van der Waals surface area contributed by atoms with Crippen molar-refractivity contribution in [2.75, 3.05) is 24.1 Å². The second-order valence-electron chi connectivity index (χ2n) is 5.52. The third-order valence-electron chi connectivity index (χ3n) is 4.10. The van der Waals surface area contributed by atoms with Crippen LogP contribution in [0.15, 0.2) is 0 Å². The number of aromatic nitrogens is 2. The topological polar surface area (TPSA) is 59.1 Å². The highest BCUT2D eigenvalue weighted by Crippen LogP contribution is 2.31. The molecule has 1 saturated heterocycles. The van der Waals surface area contributed by atoms with Crippen molar-refractivity contribution in [2.24, 2.45) is 0 Å². The number of aryl methyl sites for hydroxylation is 2. The predicted octanol–water partition coefficient (Wildman–Crippen LogP) is 1.44. The van der Waals surface area contributed by atoms with Gasteiger partial charge in [0, 0.05) is 31.7 Å². The first kappa shape index (κ1) is 11.8. The van der Waals surface area contributed by atoms with E-state index >= 15 is 0 Å². The van der Waals surface area contributed by atoms with E-state index in [2.05, 4.69) is 22.2 Å². The van der Waals surface area contributed by atoms with E-state index in [9.17, 15) is 0 Å². The highest BCUT2D eigenvalue weighted by Gasteiger charge is 2.34. The van der Waals surface area contributed by atoms with Gasteiger partial charge in [0.1, 0.15) is 5.82 Å². The number of nitrogens with zero attached hydrogens (tertiary/aromatic N) is 3. The average Bonchev–Trinajstić information content (AvgIpc) is 3.06. The smallest absolute Gasteiger partial charge is 0.148 e. The molecule has 1 saturated carbocycles. The number of hydrogen-bond acceptors (Lipinski definition) is 4. The second kappa shape index (κ2) is 4.46. The molecule has 1 aromatic rings. The molecule has 3 rings (SSSR count). The standard InChI is InChI=1S/C13H23N5/c1-3-18-13(12(14)9(2)16-18)15-10-6-7-17(8-10)11-4-5-11/h10-11,15H,3-8,14H2,1-2H3. The molecule has 3 N–H and O–H groups in total. The molecular formula is C13H23N5. The molecule has 1 aliphatic carbocycles. The van der Waals surface area contributed by atoms with Crippen molar-refractivity contribution >= 4 is 11.5 Å². The molecule has 1 atom stereocenters. The minimum atomic E-state index is 0.522. The fraction of sp³-hybridized carbons (Fsp3) is 0.769. The Bertz CT molecular complexity index is 435. The molecule has 2 fully saturated rings. The summed E-state index contributed by atoms with van der Waals surface area (Å²) < 4.78 is 1.98. The maximum atomic E-state index is 6.10. The van der Waals surface area contributed by atoms with Crippen LogP contribution in [0.4, 0.5) is 11.5 Å². The lowest BCUT2D eigenvalue weighted by Gasteiger charge is -2.17. The summed E-state index contributed by atoms with van der Waals surface area (Å²) in [6.07, 6.45) is 3.99. The normalized spacial score (nSPS) is 24.7. The van der Waals surface area contributed by atoms with E-state index in [0.717, 1.165) is 36.3 Å². The second-order valence-corrected chi connectivity index (χ2v) is 5.52. The van der Waals surface area contributed by atoms with Gasteiger partial charge in [0.15, 0.2) is 0 Å². The summed E-state index contributed by atoms with van der Waals surface area (Å²) in [5.41, 5.74) is 7.84. The zero-order valence-electron chi connectivity index (χ0n) is 11.3. The van der Waals surface area contributed by atoms with Gasteiger partial charge in [0.25, 0.3) is 0 Å². The molecule has 0 spiro atoms. The molecule has 5 heteroatoms. The van der Waals surface area contributed by atoms with Gasteiger partial charge in [-0.2, -0.15) is 5.10 Å². The Morgan fingerprint density at radius 3 is 2.83 bits per heavy atom. The number of hydrogen-bond donors (Lipinski definition) is 2. The van der Waals surface area contributed by atoms with E-state index in [4.69, 9.17) is 5.73 Å². The summed E-state index contributed by atoms with van der Waals surface area (Å²) >= 11 is 0. The minimum Gasteiger partial charge on any atom is -0.394 e. The van der Waals surface area contributed by atoms with Gasteiger partial charge in [-0.15, -0.1) is 0 Å². The number of anilines is 2. The van der Waals surface area contributed by atoms with E-state index in [1.165, 1.54) is 25.8 Å². The van der Waals surface area contributed by atoms with Crippen molar-refractivity contribution in [1.29, 1.82) is 0 Å². The van der Waals surface area contributed by atoms with Gasteiger partial charge in [-0.05, 0) is 33.1 Å². The Hall–Kier alpha value is -1.23. The Labute approximate surface area is 108 Å². The average molecular weight is 249 g/mol. The maximum Gasteiger partial charge on any atom is 0.148 e. The molecule has 0 bridgehead atoms. The molecule has 2 aliphatic rings. The molecule has 2 heterocycles. The maximum absolute atomic E-state index is 6.10. The molecule has 100 valence electrons. The van der Waals surface area contributed by atoms with Crippen molar-refractivity contribution in [3.63, 3.8) is 0 Å². The van der Waals surface area contributed by atoms with Gasteiger partial charge < -0.3 is 11.1 Å². The Morgan fingerprint density at radius 1 is 1.39 bits per heavy atom. The monoisotopic (exact) mass is 249 g/mol. The Balaban J connectivity index is 1.69. The van der Waals surface area contributed by atoms with Gasteiger partial charge in [0.05, 0.1) is 11.4 Å². The van der Waals surface area contributed by atoms with Gasteiger partial charge in [0.2, 0.25) is 0 Å². The van der Waals surface area contributed by atoms with Gasteiger partial charge in [-0.3, -0.25) is 4.90 Å². The zero-order valence-corrected chi connectivity index (χ0v) is 11.3. The Morgan fingerprint density at radius 2 is 2.17 bits per heavy atom. The van der Waals surface area contributed by atoms with Crippen molar-refractivity contribution in [2.45, 2.75) is 51.7 Å². The summed E-state index contributed by atoms with van der Waals surface area (Å²) in [6, 6.07) is 1.39. The number of nitrogens with one attached hydrogen (secondary N) is 1. The van der Waals surface area contributed by atoms with Crippen LogP contribution in [0.2, 0.25) is 0 Å². The van der Waals surface area contributed by atoms with Crippen LogP contribution in [0.1, 0.15) is 31.9 Å². The summed E-state index contributed by atoms with van der Waals surface area (Å²) in [7, 11) is 0. The number of nitrogen functional groups attached to an aromatic ring is 1. The lowest BCUT2D eigenvalue weighted by atomic mass is 10.2. The van der Waals surface area contributed by atoms with Crippen molar-refractivity contribution in [1.82, 2.24) is 14.7 Å². The third kappa shape index (κ3) is 2.07. The number of rotatable bonds is 4. The first-order chi connectivity index (χ1) is 8.69. The highest BCUT2D eigenvalue weighted by atomic mass is 15.4. The summed E-state index contributed by atoms with van der Waals surface area (Å²) in [5.74, 6) is 1.01. The van der Waals surface area contributed by atoms with Crippen molar-refractivity contribution < 1.29 is 0 Å². The largest absolute Gasteiger partial charge is 0.394 e. The van der Waals surface area contributed by atoms with Gasteiger partial charge >= 0.3 is 0 Å². The van der Waals surface area contributed by atoms with Crippen LogP contribution in [0.3, 0.4) is 0 Å². The van der Waals surface area contributed by atoms with E-state index in [0.29, 0.717) is 6.04 Å². The fourth-order valence-corrected chi connectivity index (χ4v) is 2.85. The lowest BCUT2D eigenvalue weighted by molar-refractivity contribution is 0.326. The molecule has 1 unspecified atom stereocenters. The first-order valence-electron chi connectivity index (χ1n) is 7.02. The lowest BCUT2D eigenvalue weighted by Crippen LogP contribution is -2.28. The molecule has 1 aromatic heterocycles. The molecule has 18 heavy (non-hydrogen) atoms. The highest BCUT2D eigenvalue weighted by molar-refractivity contribution is 5.65.